The molecule has 0 heterocycles. The summed E-state index contributed by atoms with van der Waals surface area (Å²) in [6, 6.07) is 15.0. The van der Waals surface area contributed by atoms with E-state index in [1.165, 1.54) is 12.5 Å². The number of hydrogen-bond donors (Lipinski definition) is 1. The molecule has 0 spiro atoms. The first kappa shape index (κ1) is 18.7. The first-order valence-corrected chi connectivity index (χ1v) is 8.59. The maximum absolute atomic E-state index is 11.9. The van der Waals surface area contributed by atoms with Crippen LogP contribution in [0.1, 0.15) is 55.5 Å². The molecule has 4 heteroatoms. The number of rotatable bonds is 8. The second-order valence-electron chi connectivity index (χ2n) is 6.36. The molecule has 2 aromatic carbocycles. The summed E-state index contributed by atoms with van der Waals surface area (Å²) in [5.41, 5.74) is 2.61. The van der Waals surface area contributed by atoms with Gasteiger partial charge in [0.05, 0.1) is 6.61 Å². The van der Waals surface area contributed by atoms with Crippen molar-refractivity contribution in [2.24, 2.45) is 0 Å². The number of benzene rings is 2. The largest absolute Gasteiger partial charge is 0.494 e. The van der Waals surface area contributed by atoms with Crippen LogP contribution in [0.15, 0.2) is 48.5 Å². The van der Waals surface area contributed by atoms with Crippen molar-refractivity contribution in [2.45, 2.75) is 39.5 Å². The Hall–Kier alpha value is -2.62. The number of ether oxygens (including phenoxy) is 1. The van der Waals surface area contributed by atoms with Gasteiger partial charge < -0.3 is 10.1 Å². The van der Waals surface area contributed by atoms with Gasteiger partial charge in [0.1, 0.15) is 5.75 Å². The van der Waals surface area contributed by atoms with Crippen molar-refractivity contribution in [3.8, 4) is 5.75 Å². The molecule has 0 atom stereocenters. The molecule has 4 nitrogen and oxygen atoms in total. The van der Waals surface area contributed by atoms with Crippen LogP contribution in [-0.4, -0.2) is 18.3 Å². The van der Waals surface area contributed by atoms with Crippen LogP contribution in [0.2, 0.25) is 0 Å². The fraction of sp³-hybridized carbons (Fsp3) is 0.333. The standard InChI is InChI=1S/C21H25NO3/c1-15(2)17-8-12-20(13-9-17)25-14-4-5-21(24)22-19-10-6-18(7-11-19)16(3)23/h6-13,15H,4-5,14H2,1-3H3,(H,22,24). The van der Waals surface area contributed by atoms with Crippen LogP contribution in [-0.2, 0) is 4.79 Å². The van der Waals surface area contributed by atoms with E-state index in [1.54, 1.807) is 24.3 Å². The van der Waals surface area contributed by atoms with Crippen LogP contribution in [0.3, 0.4) is 0 Å². The number of hydrogen-bond acceptors (Lipinski definition) is 3. The molecule has 1 amide bonds. The van der Waals surface area contributed by atoms with Gasteiger partial charge in [-0.25, -0.2) is 0 Å². The molecular weight excluding hydrogens is 314 g/mol. The Bertz CT molecular complexity index is 703. The number of Topliss-reactive ketones (excluding diaryl/α,β-unsaturated/α-hetero) is 1. The molecule has 0 aliphatic heterocycles. The summed E-state index contributed by atoms with van der Waals surface area (Å²) in [4.78, 5) is 23.1. The zero-order valence-electron chi connectivity index (χ0n) is 15.0. The number of amides is 1. The lowest BCUT2D eigenvalue weighted by molar-refractivity contribution is -0.116. The van der Waals surface area contributed by atoms with Gasteiger partial charge in [0, 0.05) is 17.7 Å². The summed E-state index contributed by atoms with van der Waals surface area (Å²) in [7, 11) is 0. The zero-order chi connectivity index (χ0) is 18.2. The minimum absolute atomic E-state index is 0.0106. The molecule has 0 aliphatic rings. The van der Waals surface area contributed by atoms with E-state index in [-0.39, 0.29) is 11.7 Å². The van der Waals surface area contributed by atoms with E-state index in [4.69, 9.17) is 4.74 Å². The van der Waals surface area contributed by atoms with Crippen molar-refractivity contribution >= 4 is 17.4 Å². The molecule has 2 aromatic rings. The van der Waals surface area contributed by atoms with Crippen LogP contribution in [0.5, 0.6) is 5.75 Å². The number of carbonyl (C=O) groups is 2. The predicted octanol–water partition coefficient (Wildman–Crippen LogP) is 4.81. The van der Waals surface area contributed by atoms with Crippen LogP contribution >= 0.6 is 0 Å². The maximum atomic E-state index is 11.9. The summed E-state index contributed by atoms with van der Waals surface area (Å²) in [5, 5.41) is 2.82. The average Bonchev–Trinajstić information content (AvgIpc) is 2.59. The second kappa shape index (κ2) is 9.02. The lowest BCUT2D eigenvalue weighted by atomic mass is 10.0. The second-order valence-corrected chi connectivity index (χ2v) is 6.36. The van der Waals surface area contributed by atoms with Crippen molar-refractivity contribution in [1.29, 1.82) is 0 Å². The van der Waals surface area contributed by atoms with E-state index < -0.39 is 0 Å². The van der Waals surface area contributed by atoms with E-state index in [0.29, 0.717) is 36.6 Å². The molecule has 0 saturated heterocycles. The van der Waals surface area contributed by atoms with E-state index in [2.05, 4.69) is 31.3 Å². The predicted molar refractivity (Wildman–Crippen MR) is 100 cm³/mol. The summed E-state index contributed by atoms with van der Waals surface area (Å²) in [6.07, 6.45) is 1.03. The highest BCUT2D eigenvalue weighted by Gasteiger charge is 2.05. The topological polar surface area (TPSA) is 55.4 Å². The Morgan fingerprint density at radius 2 is 1.64 bits per heavy atom. The van der Waals surface area contributed by atoms with Crippen molar-refractivity contribution < 1.29 is 14.3 Å². The Labute approximate surface area is 149 Å². The SMILES string of the molecule is CC(=O)c1ccc(NC(=O)CCCOc2ccc(C(C)C)cc2)cc1. The van der Waals surface area contributed by atoms with Gasteiger partial charge in [0.2, 0.25) is 5.91 Å². The first-order valence-electron chi connectivity index (χ1n) is 8.59. The highest BCUT2D eigenvalue weighted by molar-refractivity contribution is 5.95. The van der Waals surface area contributed by atoms with Crippen LogP contribution in [0.25, 0.3) is 0 Å². The highest BCUT2D eigenvalue weighted by atomic mass is 16.5. The van der Waals surface area contributed by atoms with E-state index in [0.717, 1.165) is 5.75 Å². The van der Waals surface area contributed by atoms with Crippen molar-refractivity contribution in [3.05, 3.63) is 59.7 Å². The number of anilines is 1. The Morgan fingerprint density at radius 3 is 2.20 bits per heavy atom. The Morgan fingerprint density at radius 1 is 1.00 bits per heavy atom. The fourth-order valence-corrected chi connectivity index (χ4v) is 2.38. The Kier molecular flexibility index (Phi) is 6.75. The molecule has 1 N–H and O–H groups in total. The summed E-state index contributed by atoms with van der Waals surface area (Å²) < 4.78 is 5.67. The molecule has 0 unspecified atom stereocenters. The van der Waals surface area contributed by atoms with Gasteiger partial charge in [-0.05, 0) is 61.2 Å². The minimum Gasteiger partial charge on any atom is -0.494 e. The molecular formula is C21H25NO3. The lowest BCUT2D eigenvalue weighted by Gasteiger charge is -2.09. The summed E-state index contributed by atoms with van der Waals surface area (Å²) in [5.74, 6) is 1.28. The molecule has 132 valence electrons. The van der Waals surface area contributed by atoms with E-state index in [1.807, 2.05) is 12.1 Å². The molecule has 2 rings (SSSR count). The molecule has 0 aliphatic carbocycles. The van der Waals surface area contributed by atoms with Crippen LogP contribution in [0.4, 0.5) is 5.69 Å². The molecule has 0 saturated carbocycles. The minimum atomic E-state index is -0.0608. The zero-order valence-corrected chi connectivity index (χ0v) is 15.0. The first-order chi connectivity index (χ1) is 12.0. The number of carbonyl (C=O) groups excluding carboxylic acids is 2. The van der Waals surface area contributed by atoms with Crippen molar-refractivity contribution in [1.82, 2.24) is 0 Å². The van der Waals surface area contributed by atoms with Gasteiger partial charge in [0.25, 0.3) is 0 Å². The van der Waals surface area contributed by atoms with Gasteiger partial charge in [-0.2, -0.15) is 0 Å². The van der Waals surface area contributed by atoms with Crippen molar-refractivity contribution in [2.75, 3.05) is 11.9 Å². The normalized spacial score (nSPS) is 10.6. The smallest absolute Gasteiger partial charge is 0.224 e. The fourth-order valence-electron chi connectivity index (χ4n) is 2.38. The third-order valence-corrected chi connectivity index (χ3v) is 3.94. The monoisotopic (exact) mass is 339 g/mol. The Balaban J connectivity index is 1.70. The third kappa shape index (κ3) is 6.07. The highest BCUT2D eigenvalue weighted by Crippen LogP contribution is 2.18. The lowest BCUT2D eigenvalue weighted by Crippen LogP contribution is -2.12. The van der Waals surface area contributed by atoms with Crippen LogP contribution in [0, 0.1) is 0 Å². The van der Waals surface area contributed by atoms with Crippen LogP contribution < -0.4 is 10.1 Å². The van der Waals surface area contributed by atoms with Gasteiger partial charge in [0.15, 0.2) is 5.78 Å². The molecule has 0 aromatic heterocycles. The molecule has 0 fully saturated rings. The average molecular weight is 339 g/mol. The van der Waals surface area contributed by atoms with Gasteiger partial charge in [-0.1, -0.05) is 26.0 Å². The maximum Gasteiger partial charge on any atom is 0.224 e. The number of ketones is 1. The van der Waals surface area contributed by atoms with E-state index >= 15 is 0 Å². The van der Waals surface area contributed by atoms with Gasteiger partial charge in [-0.15, -0.1) is 0 Å². The summed E-state index contributed by atoms with van der Waals surface area (Å²) in [6.45, 7) is 6.33. The quantitative estimate of drug-likeness (QED) is 0.554. The molecule has 25 heavy (non-hydrogen) atoms. The summed E-state index contributed by atoms with van der Waals surface area (Å²) >= 11 is 0. The molecule has 0 radical (unpaired) electrons. The van der Waals surface area contributed by atoms with Crippen molar-refractivity contribution in [3.63, 3.8) is 0 Å². The van der Waals surface area contributed by atoms with Gasteiger partial charge in [-0.3, -0.25) is 9.59 Å². The molecule has 0 bridgehead atoms. The number of nitrogens with one attached hydrogen (secondary N) is 1. The third-order valence-electron chi connectivity index (χ3n) is 3.94. The van der Waals surface area contributed by atoms with Gasteiger partial charge >= 0.3 is 0 Å². The van der Waals surface area contributed by atoms with E-state index in [9.17, 15) is 9.59 Å².